The van der Waals surface area contributed by atoms with Crippen molar-refractivity contribution in [1.82, 2.24) is 25.4 Å². The fraction of sp³-hybridized carbons (Fsp3) is 0.350. The van der Waals surface area contributed by atoms with Crippen LogP contribution < -0.4 is 10.6 Å². The highest BCUT2D eigenvalue weighted by Crippen LogP contribution is 2.27. The molecule has 0 unspecified atom stereocenters. The molecule has 2 amide bonds. The number of urea groups is 1. The van der Waals surface area contributed by atoms with Crippen molar-refractivity contribution in [2.45, 2.75) is 19.1 Å². The Balaban J connectivity index is 1.46. The maximum atomic E-state index is 13.2. The number of carbonyl (C=O) groups excluding carboxylic acids is 1. The highest BCUT2D eigenvalue weighted by Gasteiger charge is 2.32. The number of benzene rings is 1. The van der Waals surface area contributed by atoms with Crippen LogP contribution in [0.5, 0.6) is 0 Å². The van der Waals surface area contributed by atoms with Crippen LogP contribution in [0.15, 0.2) is 36.5 Å². The van der Waals surface area contributed by atoms with Gasteiger partial charge in [0.1, 0.15) is 17.3 Å². The standard InChI is InChI=1S/C20H23FN6O2/c1-3-29-17-11-27(2)10-16(17)23-20(28)24-18-8-15-14(9-22-18)19(26-25-15)12-4-6-13(21)7-5-12/h4-9,16-17H,3,10-11H2,1-2H3,(H,25,26)(H2,22,23,24,28)/t16-,17-/m0/s1. The number of halogens is 1. The molecule has 3 heterocycles. The first-order valence-corrected chi connectivity index (χ1v) is 9.51. The van der Waals surface area contributed by atoms with Gasteiger partial charge in [-0.2, -0.15) is 5.10 Å². The maximum absolute atomic E-state index is 13.2. The van der Waals surface area contributed by atoms with Crippen LogP contribution in [0.1, 0.15) is 6.92 Å². The minimum Gasteiger partial charge on any atom is -0.375 e. The van der Waals surface area contributed by atoms with Crippen LogP contribution in [0.25, 0.3) is 22.2 Å². The van der Waals surface area contributed by atoms with Crippen LogP contribution in [0, 0.1) is 5.82 Å². The molecule has 1 fully saturated rings. The van der Waals surface area contributed by atoms with Crippen LogP contribution in [-0.2, 0) is 4.74 Å². The molecule has 0 bridgehead atoms. The summed E-state index contributed by atoms with van der Waals surface area (Å²) in [7, 11) is 2.00. The molecule has 29 heavy (non-hydrogen) atoms. The van der Waals surface area contributed by atoms with Gasteiger partial charge >= 0.3 is 6.03 Å². The molecule has 2 aromatic heterocycles. The van der Waals surface area contributed by atoms with Crippen molar-refractivity contribution < 1.29 is 13.9 Å². The van der Waals surface area contributed by atoms with Gasteiger partial charge < -0.3 is 15.0 Å². The monoisotopic (exact) mass is 398 g/mol. The van der Waals surface area contributed by atoms with E-state index in [0.717, 1.165) is 29.6 Å². The Morgan fingerprint density at radius 1 is 1.34 bits per heavy atom. The summed E-state index contributed by atoms with van der Waals surface area (Å²) in [5, 5.41) is 13.7. The van der Waals surface area contributed by atoms with Crippen LogP contribution in [0.4, 0.5) is 15.0 Å². The summed E-state index contributed by atoms with van der Waals surface area (Å²) in [5.41, 5.74) is 2.18. The topological polar surface area (TPSA) is 95.2 Å². The third kappa shape index (κ3) is 4.20. The molecule has 1 saturated heterocycles. The van der Waals surface area contributed by atoms with Gasteiger partial charge in [0.2, 0.25) is 0 Å². The second-order valence-corrected chi connectivity index (χ2v) is 7.11. The summed E-state index contributed by atoms with van der Waals surface area (Å²) in [5.74, 6) is 0.105. The zero-order chi connectivity index (χ0) is 20.4. The molecular weight excluding hydrogens is 375 g/mol. The number of aromatic amines is 1. The van der Waals surface area contributed by atoms with Crippen LogP contribution >= 0.6 is 0 Å². The average Bonchev–Trinajstić information content (AvgIpc) is 3.25. The molecule has 152 valence electrons. The number of rotatable bonds is 5. The minimum absolute atomic E-state index is 0.0305. The Morgan fingerprint density at radius 3 is 2.90 bits per heavy atom. The third-order valence-electron chi connectivity index (χ3n) is 4.95. The van der Waals surface area contributed by atoms with Crippen molar-refractivity contribution in [3.05, 3.63) is 42.3 Å². The average molecular weight is 398 g/mol. The normalized spacial score (nSPS) is 19.6. The van der Waals surface area contributed by atoms with Crippen LogP contribution in [-0.4, -0.2) is 65.0 Å². The number of nitrogens with zero attached hydrogens (tertiary/aromatic N) is 3. The number of nitrogens with one attached hydrogen (secondary N) is 3. The molecule has 4 rings (SSSR count). The van der Waals surface area contributed by atoms with Crippen molar-refractivity contribution in [1.29, 1.82) is 0 Å². The number of aromatic nitrogens is 3. The molecule has 0 aliphatic carbocycles. The molecule has 3 aromatic rings. The van der Waals surface area contributed by atoms with Gasteiger partial charge in [0, 0.05) is 42.9 Å². The largest absolute Gasteiger partial charge is 0.375 e. The highest BCUT2D eigenvalue weighted by molar-refractivity contribution is 5.95. The molecule has 2 atom stereocenters. The number of fused-ring (bicyclic) bond motifs is 1. The summed E-state index contributed by atoms with van der Waals surface area (Å²) >= 11 is 0. The zero-order valence-electron chi connectivity index (χ0n) is 16.3. The van der Waals surface area contributed by atoms with Gasteiger partial charge in [0.25, 0.3) is 0 Å². The smallest absolute Gasteiger partial charge is 0.320 e. The predicted octanol–water partition coefficient (Wildman–Crippen LogP) is 2.60. The number of hydrogen-bond donors (Lipinski definition) is 3. The molecule has 1 aromatic carbocycles. The number of H-pyrrole nitrogens is 1. The van der Waals surface area contributed by atoms with E-state index in [2.05, 4.69) is 30.7 Å². The summed E-state index contributed by atoms with van der Waals surface area (Å²) in [6.07, 6.45) is 1.61. The Bertz CT molecular complexity index is 1010. The van der Waals surface area contributed by atoms with Gasteiger partial charge in [-0.15, -0.1) is 0 Å². The Labute approximate surface area is 167 Å². The van der Waals surface area contributed by atoms with Crippen LogP contribution in [0.3, 0.4) is 0 Å². The van der Waals surface area contributed by atoms with Crippen molar-refractivity contribution in [2.24, 2.45) is 0 Å². The minimum atomic E-state index is -0.333. The number of likely N-dealkylation sites (N-methyl/N-ethyl adjacent to an activating group) is 1. The summed E-state index contributed by atoms with van der Waals surface area (Å²) in [4.78, 5) is 18.9. The summed E-state index contributed by atoms with van der Waals surface area (Å²) in [6, 6.07) is 7.41. The van der Waals surface area contributed by atoms with E-state index in [4.69, 9.17) is 4.74 Å². The lowest BCUT2D eigenvalue weighted by molar-refractivity contribution is 0.0568. The van der Waals surface area contributed by atoms with E-state index in [1.165, 1.54) is 12.1 Å². The van der Waals surface area contributed by atoms with E-state index in [1.54, 1.807) is 24.4 Å². The number of likely N-dealkylation sites (tertiary alicyclic amines) is 1. The second kappa shape index (κ2) is 8.14. The molecule has 1 aliphatic heterocycles. The number of hydrogen-bond acceptors (Lipinski definition) is 5. The van der Waals surface area contributed by atoms with E-state index in [0.29, 0.717) is 18.1 Å². The van der Waals surface area contributed by atoms with Gasteiger partial charge in [-0.25, -0.2) is 14.2 Å². The van der Waals surface area contributed by atoms with Gasteiger partial charge in [0.15, 0.2) is 0 Å². The molecule has 1 aliphatic rings. The molecule has 0 saturated carbocycles. The van der Waals surface area contributed by atoms with Gasteiger partial charge in [-0.05, 0) is 38.2 Å². The lowest BCUT2D eigenvalue weighted by Gasteiger charge is -2.19. The first-order valence-electron chi connectivity index (χ1n) is 9.51. The van der Waals surface area contributed by atoms with Gasteiger partial charge in [0.05, 0.1) is 17.7 Å². The highest BCUT2D eigenvalue weighted by atomic mass is 19.1. The fourth-order valence-electron chi connectivity index (χ4n) is 3.61. The number of pyridine rings is 1. The van der Waals surface area contributed by atoms with Crippen molar-refractivity contribution in [3.8, 4) is 11.3 Å². The molecule has 0 radical (unpaired) electrons. The van der Waals surface area contributed by atoms with E-state index in [9.17, 15) is 9.18 Å². The van der Waals surface area contributed by atoms with E-state index in [-0.39, 0.29) is 24.0 Å². The molecule has 0 spiro atoms. The molecule has 3 N–H and O–H groups in total. The van der Waals surface area contributed by atoms with Crippen LogP contribution in [0.2, 0.25) is 0 Å². The Morgan fingerprint density at radius 2 is 2.14 bits per heavy atom. The van der Waals surface area contributed by atoms with E-state index >= 15 is 0 Å². The van der Waals surface area contributed by atoms with Gasteiger partial charge in [-0.3, -0.25) is 10.4 Å². The molecular formula is C20H23FN6O2. The second-order valence-electron chi connectivity index (χ2n) is 7.11. The predicted molar refractivity (Wildman–Crippen MR) is 108 cm³/mol. The van der Waals surface area contributed by atoms with Gasteiger partial charge in [-0.1, -0.05) is 0 Å². The maximum Gasteiger partial charge on any atom is 0.320 e. The Hall–Kier alpha value is -3.04. The SMILES string of the molecule is CCO[C@H]1CN(C)C[C@@H]1NC(=O)Nc1cc2[nH]nc(-c3ccc(F)cc3)c2cn1. The number of amides is 2. The van der Waals surface area contributed by atoms with E-state index in [1.807, 2.05) is 14.0 Å². The Kier molecular flexibility index (Phi) is 5.41. The quantitative estimate of drug-likeness (QED) is 0.614. The van der Waals surface area contributed by atoms with Crippen molar-refractivity contribution in [3.63, 3.8) is 0 Å². The lowest BCUT2D eigenvalue weighted by atomic mass is 10.1. The zero-order valence-corrected chi connectivity index (χ0v) is 16.3. The van der Waals surface area contributed by atoms with Crippen molar-refractivity contribution >= 4 is 22.8 Å². The number of anilines is 1. The molecule has 9 heteroatoms. The van der Waals surface area contributed by atoms with Crippen molar-refractivity contribution in [2.75, 3.05) is 32.1 Å². The lowest BCUT2D eigenvalue weighted by Crippen LogP contribution is -2.45. The third-order valence-corrected chi connectivity index (χ3v) is 4.95. The fourth-order valence-corrected chi connectivity index (χ4v) is 3.61. The first-order chi connectivity index (χ1) is 14.0. The van der Waals surface area contributed by atoms with E-state index < -0.39 is 0 Å². The summed E-state index contributed by atoms with van der Waals surface area (Å²) in [6.45, 7) is 4.06. The first kappa shape index (κ1) is 19.3. The summed E-state index contributed by atoms with van der Waals surface area (Å²) < 4.78 is 18.9. The molecule has 8 nitrogen and oxygen atoms in total. The number of carbonyl (C=O) groups is 1. The number of ether oxygens (including phenoxy) is 1.